The molecule has 2 aromatic heterocycles. The minimum absolute atomic E-state index is 0.0754. The van der Waals surface area contributed by atoms with Gasteiger partial charge in [-0.3, -0.25) is 9.59 Å². The number of carbonyl (C=O) groups is 2. The largest absolute Gasteiger partial charge is 0.350 e. The predicted molar refractivity (Wildman–Crippen MR) is 129 cm³/mol. The van der Waals surface area contributed by atoms with E-state index in [1.807, 2.05) is 50.5 Å². The molecule has 3 N–H and O–H groups in total. The summed E-state index contributed by atoms with van der Waals surface area (Å²) in [6.07, 6.45) is 0.412. The number of amides is 2. The Labute approximate surface area is 202 Å². The minimum atomic E-state index is -0.633. The van der Waals surface area contributed by atoms with Gasteiger partial charge in [-0.1, -0.05) is 43.3 Å². The Morgan fingerprint density at radius 3 is 2.59 bits per heavy atom. The van der Waals surface area contributed by atoms with Crippen molar-refractivity contribution in [2.24, 2.45) is 11.7 Å². The summed E-state index contributed by atoms with van der Waals surface area (Å²) in [5.41, 5.74) is 11.1. The van der Waals surface area contributed by atoms with Crippen molar-refractivity contribution in [1.82, 2.24) is 25.3 Å². The van der Waals surface area contributed by atoms with E-state index in [-0.39, 0.29) is 29.7 Å². The lowest BCUT2D eigenvalue weighted by atomic mass is 9.93. The molecule has 180 valence electrons. The zero-order valence-electron chi connectivity index (χ0n) is 19.8. The van der Waals surface area contributed by atoms with E-state index in [0.29, 0.717) is 25.3 Å². The number of likely N-dealkylation sites (tertiary alicyclic amines) is 1. The first-order valence-electron chi connectivity index (χ1n) is 11.4. The van der Waals surface area contributed by atoms with Crippen molar-refractivity contribution in [3.8, 4) is 10.4 Å². The molecule has 3 atom stereocenters. The lowest BCUT2D eigenvalue weighted by Crippen LogP contribution is -2.48. The number of nitrogens with one attached hydrogen (secondary N) is 1. The van der Waals surface area contributed by atoms with Gasteiger partial charge in [0.2, 0.25) is 17.7 Å². The standard InChI is InChI=1S/C24H30N6O3S/c1-13(2)20(23-28-15(4)29-33-23)24(32)30-11-18(25)9-19(30)22(31)26-10-16-5-7-17(8-6-16)21-14(3)27-12-34-21/h5-8,12-13,18-20H,9-11,25H2,1-4H3,(H,26,31)/t18-,19+,20-/m1/s1. The molecule has 9 nitrogen and oxygen atoms in total. The van der Waals surface area contributed by atoms with E-state index in [1.54, 1.807) is 23.2 Å². The summed E-state index contributed by atoms with van der Waals surface area (Å²) in [5, 5.41) is 6.80. The number of hydrogen-bond donors (Lipinski definition) is 2. The number of carbonyl (C=O) groups excluding carboxylic acids is 2. The van der Waals surface area contributed by atoms with Crippen molar-refractivity contribution in [3.05, 3.63) is 52.7 Å². The number of nitrogens with two attached hydrogens (primary N) is 1. The van der Waals surface area contributed by atoms with Crippen LogP contribution < -0.4 is 11.1 Å². The lowest BCUT2D eigenvalue weighted by Gasteiger charge is -2.28. The van der Waals surface area contributed by atoms with Crippen LogP contribution in [0, 0.1) is 19.8 Å². The molecule has 10 heteroatoms. The highest BCUT2D eigenvalue weighted by molar-refractivity contribution is 7.13. The SMILES string of the molecule is Cc1noc([C@H](C(=O)N2C[C@H](N)C[C@H]2C(=O)NCc2ccc(-c3scnc3C)cc2)C(C)C)n1. The number of rotatable bonds is 7. The molecule has 0 bridgehead atoms. The molecule has 0 aliphatic carbocycles. The molecule has 1 fully saturated rings. The van der Waals surface area contributed by atoms with Gasteiger partial charge < -0.3 is 20.5 Å². The summed E-state index contributed by atoms with van der Waals surface area (Å²) in [5.74, 6) is -0.382. The highest BCUT2D eigenvalue weighted by Gasteiger charge is 2.43. The maximum atomic E-state index is 13.5. The highest BCUT2D eigenvalue weighted by atomic mass is 32.1. The van der Waals surface area contributed by atoms with Gasteiger partial charge in [0, 0.05) is 19.1 Å². The molecule has 1 aromatic carbocycles. The van der Waals surface area contributed by atoms with Gasteiger partial charge in [0.05, 0.1) is 16.1 Å². The van der Waals surface area contributed by atoms with Crippen LogP contribution in [0.5, 0.6) is 0 Å². The zero-order valence-corrected chi connectivity index (χ0v) is 20.6. The maximum absolute atomic E-state index is 13.5. The minimum Gasteiger partial charge on any atom is -0.350 e. The summed E-state index contributed by atoms with van der Waals surface area (Å²) in [6, 6.07) is 7.15. The molecule has 1 aliphatic heterocycles. The van der Waals surface area contributed by atoms with Gasteiger partial charge in [0.15, 0.2) is 5.82 Å². The van der Waals surface area contributed by atoms with Gasteiger partial charge in [-0.25, -0.2) is 4.98 Å². The topological polar surface area (TPSA) is 127 Å². The van der Waals surface area contributed by atoms with E-state index >= 15 is 0 Å². The van der Waals surface area contributed by atoms with Crippen molar-refractivity contribution in [2.75, 3.05) is 6.54 Å². The van der Waals surface area contributed by atoms with E-state index in [1.165, 1.54) is 0 Å². The van der Waals surface area contributed by atoms with Gasteiger partial charge in [0.25, 0.3) is 0 Å². The first-order valence-corrected chi connectivity index (χ1v) is 12.3. The van der Waals surface area contributed by atoms with Crippen LogP contribution in [0.25, 0.3) is 10.4 Å². The molecule has 0 spiro atoms. The third-order valence-corrected chi connectivity index (χ3v) is 7.07. The molecule has 3 aromatic rings. The lowest BCUT2D eigenvalue weighted by molar-refractivity contribution is -0.141. The number of benzene rings is 1. The molecule has 2 amide bonds. The van der Waals surface area contributed by atoms with Crippen LogP contribution in [0.1, 0.15) is 49.2 Å². The Bertz CT molecular complexity index is 1160. The Balaban J connectivity index is 1.43. The van der Waals surface area contributed by atoms with Crippen LogP contribution in [0.15, 0.2) is 34.3 Å². The first kappa shape index (κ1) is 24.0. The fourth-order valence-electron chi connectivity index (χ4n) is 4.31. The first-order chi connectivity index (χ1) is 16.2. The van der Waals surface area contributed by atoms with E-state index in [9.17, 15) is 9.59 Å². The van der Waals surface area contributed by atoms with E-state index in [4.69, 9.17) is 10.3 Å². The molecule has 1 aliphatic rings. The smallest absolute Gasteiger partial charge is 0.243 e. The van der Waals surface area contributed by atoms with Crippen molar-refractivity contribution < 1.29 is 14.1 Å². The highest BCUT2D eigenvalue weighted by Crippen LogP contribution is 2.30. The van der Waals surface area contributed by atoms with Gasteiger partial charge in [-0.2, -0.15) is 4.98 Å². The van der Waals surface area contributed by atoms with Crippen molar-refractivity contribution >= 4 is 23.2 Å². The maximum Gasteiger partial charge on any atom is 0.243 e. The van der Waals surface area contributed by atoms with Gasteiger partial charge >= 0.3 is 0 Å². The molecule has 0 unspecified atom stereocenters. The van der Waals surface area contributed by atoms with Gasteiger partial charge in [0.1, 0.15) is 12.0 Å². The number of aryl methyl sites for hydroxylation is 2. The van der Waals surface area contributed by atoms with Crippen molar-refractivity contribution in [1.29, 1.82) is 0 Å². The second kappa shape index (κ2) is 10.0. The number of nitrogens with zero attached hydrogens (tertiary/aromatic N) is 4. The van der Waals surface area contributed by atoms with Crippen molar-refractivity contribution in [2.45, 2.75) is 58.7 Å². The Morgan fingerprint density at radius 1 is 1.26 bits per heavy atom. The van der Waals surface area contributed by atoms with Crippen LogP contribution >= 0.6 is 11.3 Å². The summed E-state index contributed by atoms with van der Waals surface area (Å²) < 4.78 is 5.30. The van der Waals surface area contributed by atoms with Crippen LogP contribution in [0.2, 0.25) is 0 Å². The van der Waals surface area contributed by atoms with Gasteiger partial charge in [-0.15, -0.1) is 11.3 Å². The quantitative estimate of drug-likeness (QED) is 0.530. The molecule has 0 saturated carbocycles. The molecule has 1 saturated heterocycles. The van der Waals surface area contributed by atoms with E-state index in [2.05, 4.69) is 20.4 Å². The van der Waals surface area contributed by atoms with Crippen molar-refractivity contribution in [3.63, 3.8) is 0 Å². The molecule has 4 rings (SSSR count). The van der Waals surface area contributed by atoms with E-state index in [0.717, 1.165) is 21.7 Å². The number of aromatic nitrogens is 3. The molecule has 0 radical (unpaired) electrons. The summed E-state index contributed by atoms with van der Waals surface area (Å²) in [6.45, 7) is 8.22. The van der Waals surface area contributed by atoms with Gasteiger partial charge in [-0.05, 0) is 37.3 Å². The van der Waals surface area contributed by atoms with Crippen LogP contribution in [-0.4, -0.2) is 50.5 Å². The zero-order chi connectivity index (χ0) is 24.4. The summed E-state index contributed by atoms with van der Waals surface area (Å²) >= 11 is 1.61. The molecular formula is C24H30N6O3S. The fourth-order valence-corrected chi connectivity index (χ4v) is 5.13. The second-order valence-electron chi connectivity index (χ2n) is 9.09. The Morgan fingerprint density at radius 2 is 2.00 bits per heavy atom. The number of hydrogen-bond acceptors (Lipinski definition) is 8. The second-order valence-corrected chi connectivity index (χ2v) is 9.94. The fraction of sp³-hybridized carbons (Fsp3) is 0.458. The average molecular weight is 483 g/mol. The predicted octanol–water partition coefficient (Wildman–Crippen LogP) is 2.79. The summed E-state index contributed by atoms with van der Waals surface area (Å²) in [7, 11) is 0. The number of thiazole rings is 1. The van der Waals surface area contributed by atoms with Crippen LogP contribution in [0.4, 0.5) is 0 Å². The summed E-state index contributed by atoms with van der Waals surface area (Å²) in [4.78, 5) is 37.8. The normalized spacial score (nSPS) is 18.9. The van der Waals surface area contributed by atoms with Crippen LogP contribution in [-0.2, 0) is 16.1 Å². The molecule has 3 heterocycles. The Kier molecular flexibility index (Phi) is 7.08. The monoisotopic (exact) mass is 482 g/mol. The molecular weight excluding hydrogens is 452 g/mol. The average Bonchev–Trinajstić information content (AvgIpc) is 3.52. The Hall–Kier alpha value is -3.11. The third kappa shape index (κ3) is 5.02. The third-order valence-electron chi connectivity index (χ3n) is 6.09. The van der Waals surface area contributed by atoms with Crippen LogP contribution in [0.3, 0.4) is 0 Å². The molecule has 34 heavy (non-hydrogen) atoms. The van der Waals surface area contributed by atoms with E-state index < -0.39 is 12.0 Å².